The molecule has 14 heavy (non-hydrogen) atoms. The molecule has 1 atom stereocenters. The van der Waals surface area contributed by atoms with Gasteiger partial charge in [-0.15, -0.1) is 0 Å². The average Bonchev–Trinajstić information content (AvgIpc) is 2.45. The molecule has 4 heteroatoms. The van der Waals surface area contributed by atoms with E-state index in [4.69, 9.17) is 9.47 Å². The highest BCUT2D eigenvalue weighted by atomic mass is 16.5. The zero-order valence-corrected chi connectivity index (χ0v) is 8.78. The number of amides is 1. The Bertz CT molecular complexity index is 230. The Labute approximate surface area is 84.2 Å². The second-order valence-corrected chi connectivity index (χ2v) is 4.11. The van der Waals surface area contributed by atoms with Gasteiger partial charge in [-0.1, -0.05) is 0 Å². The van der Waals surface area contributed by atoms with Crippen molar-refractivity contribution in [3.8, 4) is 0 Å². The second-order valence-electron chi connectivity index (χ2n) is 4.11. The minimum Gasteiger partial charge on any atom is -0.381 e. The molecule has 2 heterocycles. The van der Waals surface area contributed by atoms with Gasteiger partial charge < -0.3 is 14.4 Å². The zero-order chi connectivity index (χ0) is 10.2. The van der Waals surface area contributed by atoms with Crippen molar-refractivity contribution in [1.82, 2.24) is 4.90 Å². The van der Waals surface area contributed by atoms with Gasteiger partial charge in [0, 0.05) is 19.8 Å². The van der Waals surface area contributed by atoms with Crippen molar-refractivity contribution in [3.63, 3.8) is 0 Å². The quantitative estimate of drug-likeness (QED) is 0.578. The van der Waals surface area contributed by atoms with Crippen LogP contribution in [0.2, 0.25) is 0 Å². The highest BCUT2D eigenvalue weighted by molar-refractivity contribution is 5.74. The summed E-state index contributed by atoms with van der Waals surface area (Å²) in [5, 5.41) is 0. The second kappa shape index (κ2) is 3.51. The number of hydrogen-bond acceptors (Lipinski definition) is 3. The van der Waals surface area contributed by atoms with Gasteiger partial charge in [-0.2, -0.15) is 0 Å². The van der Waals surface area contributed by atoms with Crippen molar-refractivity contribution < 1.29 is 14.3 Å². The van der Waals surface area contributed by atoms with Crippen LogP contribution in [-0.4, -0.2) is 42.4 Å². The summed E-state index contributed by atoms with van der Waals surface area (Å²) >= 11 is 0. The molecule has 2 rings (SSSR count). The molecule has 2 aliphatic heterocycles. The van der Waals surface area contributed by atoms with Crippen LogP contribution in [0.15, 0.2) is 0 Å². The van der Waals surface area contributed by atoms with E-state index in [2.05, 4.69) is 0 Å². The van der Waals surface area contributed by atoms with Gasteiger partial charge in [0.05, 0.1) is 25.9 Å². The number of rotatable bonds is 0. The van der Waals surface area contributed by atoms with Crippen LogP contribution >= 0.6 is 0 Å². The van der Waals surface area contributed by atoms with Gasteiger partial charge in [0.1, 0.15) is 5.72 Å². The summed E-state index contributed by atoms with van der Waals surface area (Å²) in [7, 11) is 0. The Hall–Kier alpha value is -0.610. The number of ether oxygens (including phenoxy) is 2. The van der Waals surface area contributed by atoms with Crippen LogP contribution in [0.4, 0.5) is 0 Å². The Balaban J connectivity index is 2.20. The van der Waals surface area contributed by atoms with Crippen molar-refractivity contribution in [2.45, 2.75) is 38.5 Å². The predicted octanol–water partition coefficient (Wildman–Crippen LogP) is 0.760. The van der Waals surface area contributed by atoms with Gasteiger partial charge in [-0.05, 0) is 6.92 Å². The molecular formula is C10H17NO3. The van der Waals surface area contributed by atoms with Crippen LogP contribution in [0.3, 0.4) is 0 Å². The SMILES string of the molecule is CC(=O)N1C(C)COC12CCOCC2. The summed E-state index contributed by atoms with van der Waals surface area (Å²) in [4.78, 5) is 13.4. The molecular weight excluding hydrogens is 182 g/mol. The number of carbonyl (C=O) groups is 1. The molecule has 1 spiro atoms. The first kappa shape index (κ1) is 9.93. The van der Waals surface area contributed by atoms with Crippen molar-refractivity contribution in [2.75, 3.05) is 19.8 Å². The maximum absolute atomic E-state index is 11.5. The van der Waals surface area contributed by atoms with Crippen molar-refractivity contribution >= 4 is 5.91 Å². The monoisotopic (exact) mass is 199 g/mol. The predicted molar refractivity (Wildman–Crippen MR) is 50.7 cm³/mol. The van der Waals surface area contributed by atoms with E-state index in [9.17, 15) is 4.79 Å². The molecule has 2 fully saturated rings. The molecule has 0 aromatic carbocycles. The topological polar surface area (TPSA) is 38.8 Å². The largest absolute Gasteiger partial charge is 0.381 e. The lowest BCUT2D eigenvalue weighted by Crippen LogP contribution is -2.53. The Morgan fingerprint density at radius 3 is 2.64 bits per heavy atom. The molecule has 80 valence electrons. The molecule has 0 bridgehead atoms. The Morgan fingerprint density at radius 1 is 1.43 bits per heavy atom. The lowest BCUT2D eigenvalue weighted by molar-refractivity contribution is -0.166. The average molecular weight is 199 g/mol. The number of carbonyl (C=O) groups excluding carboxylic acids is 1. The van der Waals surface area contributed by atoms with Gasteiger partial charge >= 0.3 is 0 Å². The zero-order valence-electron chi connectivity index (χ0n) is 8.78. The molecule has 1 unspecified atom stereocenters. The first-order valence-electron chi connectivity index (χ1n) is 5.17. The van der Waals surface area contributed by atoms with E-state index in [1.807, 2.05) is 11.8 Å². The standard InChI is InChI=1S/C10H17NO3/c1-8-7-14-10(11(8)9(2)12)3-5-13-6-4-10/h8H,3-7H2,1-2H3. The van der Waals surface area contributed by atoms with E-state index < -0.39 is 0 Å². The van der Waals surface area contributed by atoms with Gasteiger partial charge in [0.2, 0.25) is 5.91 Å². The summed E-state index contributed by atoms with van der Waals surface area (Å²) in [6, 6.07) is 0.200. The molecule has 1 amide bonds. The minimum absolute atomic E-state index is 0.108. The van der Waals surface area contributed by atoms with Crippen LogP contribution < -0.4 is 0 Å². The summed E-state index contributed by atoms with van der Waals surface area (Å²) in [6.45, 7) is 5.68. The van der Waals surface area contributed by atoms with Gasteiger partial charge in [0.15, 0.2) is 0 Å². The Kier molecular flexibility index (Phi) is 2.49. The van der Waals surface area contributed by atoms with E-state index in [0.29, 0.717) is 19.8 Å². The lowest BCUT2D eigenvalue weighted by atomic mass is 10.0. The van der Waals surface area contributed by atoms with Gasteiger partial charge in [0.25, 0.3) is 0 Å². The van der Waals surface area contributed by atoms with E-state index in [1.54, 1.807) is 6.92 Å². The van der Waals surface area contributed by atoms with Crippen LogP contribution in [0.5, 0.6) is 0 Å². The molecule has 0 aliphatic carbocycles. The van der Waals surface area contributed by atoms with Crippen molar-refractivity contribution in [1.29, 1.82) is 0 Å². The first-order valence-corrected chi connectivity index (χ1v) is 5.17. The summed E-state index contributed by atoms with van der Waals surface area (Å²) in [5.74, 6) is 0.108. The van der Waals surface area contributed by atoms with Crippen molar-refractivity contribution in [3.05, 3.63) is 0 Å². The third kappa shape index (κ3) is 1.42. The molecule has 0 N–H and O–H groups in total. The highest BCUT2D eigenvalue weighted by Gasteiger charge is 2.48. The van der Waals surface area contributed by atoms with Crippen LogP contribution in [0, 0.1) is 0 Å². The maximum atomic E-state index is 11.5. The molecule has 2 aliphatic rings. The summed E-state index contributed by atoms with van der Waals surface area (Å²) < 4.78 is 11.1. The first-order chi connectivity index (χ1) is 6.66. The third-order valence-corrected chi connectivity index (χ3v) is 3.09. The van der Waals surface area contributed by atoms with E-state index in [-0.39, 0.29) is 17.7 Å². The van der Waals surface area contributed by atoms with Crippen LogP contribution in [-0.2, 0) is 14.3 Å². The van der Waals surface area contributed by atoms with Crippen LogP contribution in [0.1, 0.15) is 26.7 Å². The highest BCUT2D eigenvalue weighted by Crippen LogP contribution is 2.36. The fourth-order valence-corrected chi connectivity index (χ4v) is 2.49. The smallest absolute Gasteiger partial charge is 0.222 e. The Morgan fingerprint density at radius 2 is 2.07 bits per heavy atom. The summed E-state index contributed by atoms with van der Waals surface area (Å²) in [5.41, 5.74) is -0.358. The molecule has 0 radical (unpaired) electrons. The molecule has 2 saturated heterocycles. The van der Waals surface area contributed by atoms with E-state index in [1.165, 1.54) is 0 Å². The molecule has 0 aromatic rings. The molecule has 0 saturated carbocycles. The van der Waals surface area contributed by atoms with Crippen LogP contribution in [0.25, 0.3) is 0 Å². The fraction of sp³-hybridized carbons (Fsp3) is 0.900. The van der Waals surface area contributed by atoms with Crippen molar-refractivity contribution in [2.24, 2.45) is 0 Å². The lowest BCUT2D eigenvalue weighted by Gasteiger charge is -2.40. The number of hydrogen-bond donors (Lipinski definition) is 0. The van der Waals surface area contributed by atoms with E-state index >= 15 is 0 Å². The number of nitrogens with zero attached hydrogens (tertiary/aromatic N) is 1. The third-order valence-electron chi connectivity index (χ3n) is 3.09. The normalized spacial score (nSPS) is 31.0. The van der Waals surface area contributed by atoms with E-state index in [0.717, 1.165) is 12.8 Å². The molecule has 0 aromatic heterocycles. The molecule has 4 nitrogen and oxygen atoms in total. The minimum atomic E-state index is -0.358. The maximum Gasteiger partial charge on any atom is 0.222 e. The van der Waals surface area contributed by atoms with Gasteiger partial charge in [-0.3, -0.25) is 4.79 Å². The van der Waals surface area contributed by atoms with Gasteiger partial charge in [-0.25, -0.2) is 0 Å². The summed E-state index contributed by atoms with van der Waals surface area (Å²) in [6.07, 6.45) is 1.61. The fourth-order valence-electron chi connectivity index (χ4n) is 2.49.